The van der Waals surface area contributed by atoms with Crippen LogP contribution in [0.3, 0.4) is 0 Å². The number of methoxy groups -OCH3 is 1. The number of benzene rings is 1. The molecule has 2 aromatic rings. The molecule has 0 N–H and O–H groups in total. The van der Waals surface area contributed by atoms with Gasteiger partial charge in [-0.25, -0.2) is 0 Å². The Hall–Kier alpha value is -2.37. The Balaban J connectivity index is 1.79. The van der Waals surface area contributed by atoms with Crippen molar-refractivity contribution in [3.63, 3.8) is 0 Å². The zero-order valence-corrected chi connectivity index (χ0v) is 14.2. The summed E-state index contributed by atoms with van der Waals surface area (Å²) in [7, 11) is 1.63. The van der Waals surface area contributed by atoms with E-state index in [0.717, 1.165) is 43.5 Å². The van der Waals surface area contributed by atoms with E-state index in [0.29, 0.717) is 18.1 Å². The van der Waals surface area contributed by atoms with Gasteiger partial charge >= 0.3 is 0 Å². The lowest BCUT2D eigenvalue weighted by molar-refractivity contribution is -0.133. The number of aryl methyl sites for hydroxylation is 1. The Morgan fingerprint density at radius 3 is 3.00 bits per heavy atom. The molecule has 128 valence electrons. The van der Waals surface area contributed by atoms with Crippen molar-refractivity contribution in [1.29, 1.82) is 0 Å². The summed E-state index contributed by atoms with van der Waals surface area (Å²) < 4.78 is 10.4. The number of nitrogens with zero attached hydrogens (tertiary/aromatic N) is 3. The van der Waals surface area contributed by atoms with Gasteiger partial charge in [-0.2, -0.15) is 4.98 Å². The molecule has 2 heterocycles. The molecule has 1 fully saturated rings. The van der Waals surface area contributed by atoms with Crippen molar-refractivity contribution in [1.82, 2.24) is 15.0 Å². The fourth-order valence-electron chi connectivity index (χ4n) is 3.18. The second-order valence-corrected chi connectivity index (χ2v) is 6.15. The zero-order chi connectivity index (χ0) is 16.9. The van der Waals surface area contributed by atoms with Crippen LogP contribution in [0.15, 0.2) is 28.8 Å². The highest BCUT2D eigenvalue weighted by Crippen LogP contribution is 2.29. The van der Waals surface area contributed by atoms with Gasteiger partial charge in [0, 0.05) is 13.5 Å². The third-order valence-electron chi connectivity index (χ3n) is 4.40. The van der Waals surface area contributed by atoms with E-state index in [4.69, 9.17) is 9.26 Å². The van der Waals surface area contributed by atoms with Gasteiger partial charge in [-0.1, -0.05) is 30.1 Å². The van der Waals surface area contributed by atoms with E-state index in [2.05, 4.69) is 10.1 Å². The lowest BCUT2D eigenvalue weighted by Crippen LogP contribution is -2.36. The van der Waals surface area contributed by atoms with Crippen molar-refractivity contribution in [2.75, 3.05) is 13.7 Å². The Morgan fingerprint density at radius 2 is 2.25 bits per heavy atom. The highest BCUT2D eigenvalue weighted by Gasteiger charge is 2.30. The van der Waals surface area contributed by atoms with E-state index in [1.54, 1.807) is 14.0 Å². The first-order chi connectivity index (χ1) is 11.7. The Morgan fingerprint density at radius 1 is 1.38 bits per heavy atom. The number of hydrogen-bond donors (Lipinski definition) is 0. The summed E-state index contributed by atoms with van der Waals surface area (Å²) >= 11 is 0. The van der Waals surface area contributed by atoms with Crippen LogP contribution in [-0.2, 0) is 11.2 Å². The molecule has 1 aromatic heterocycles. The molecule has 0 aliphatic carbocycles. The van der Waals surface area contributed by atoms with Crippen molar-refractivity contribution in [3.05, 3.63) is 41.5 Å². The summed E-state index contributed by atoms with van der Waals surface area (Å²) in [6, 6.07) is 7.55. The van der Waals surface area contributed by atoms with E-state index >= 15 is 0 Å². The predicted molar refractivity (Wildman–Crippen MR) is 88.7 cm³/mol. The highest BCUT2D eigenvalue weighted by molar-refractivity contribution is 5.79. The van der Waals surface area contributed by atoms with Crippen molar-refractivity contribution in [2.24, 2.45) is 0 Å². The molecule has 1 aliphatic rings. The van der Waals surface area contributed by atoms with Crippen LogP contribution in [0.5, 0.6) is 5.75 Å². The Kier molecular flexibility index (Phi) is 5.13. The number of hydrogen-bond acceptors (Lipinski definition) is 5. The van der Waals surface area contributed by atoms with Gasteiger partial charge in [0.05, 0.1) is 19.6 Å². The third-order valence-corrected chi connectivity index (χ3v) is 4.40. The molecular weight excluding hydrogens is 306 g/mol. The number of carbonyl (C=O) groups excluding carboxylic acids is 1. The van der Waals surface area contributed by atoms with Crippen LogP contribution >= 0.6 is 0 Å². The van der Waals surface area contributed by atoms with E-state index in [1.807, 2.05) is 29.2 Å². The SMILES string of the molecule is COc1cccc(CC(=O)N2CCCCC[C@@H]2c2noc(C)n2)c1. The number of aromatic nitrogens is 2. The molecule has 24 heavy (non-hydrogen) atoms. The van der Waals surface area contributed by atoms with Gasteiger partial charge in [-0.15, -0.1) is 0 Å². The molecule has 1 aromatic carbocycles. The molecule has 0 bridgehead atoms. The summed E-state index contributed by atoms with van der Waals surface area (Å²) in [4.78, 5) is 19.2. The van der Waals surface area contributed by atoms with Crippen LogP contribution < -0.4 is 4.74 Å². The van der Waals surface area contributed by atoms with Gasteiger partial charge in [-0.3, -0.25) is 4.79 Å². The maximum Gasteiger partial charge on any atom is 0.227 e. The van der Waals surface area contributed by atoms with Crippen molar-refractivity contribution < 1.29 is 14.1 Å². The van der Waals surface area contributed by atoms with Crippen LogP contribution in [0.1, 0.15) is 49.0 Å². The third kappa shape index (κ3) is 3.75. The molecule has 0 radical (unpaired) electrons. The second kappa shape index (κ2) is 7.47. The fourth-order valence-corrected chi connectivity index (χ4v) is 3.18. The largest absolute Gasteiger partial charge is 0.497 e. The smallest absolute Gasteiger partial charge is 0.227 e. The van der Waals surface area contributed by atoms with Gasteiger partial charge in [0.25, 0.3) is 0 Å². The molecule has 1 amide bonds. The number of carbonyl (C=O) groups is 1. The van der Waals surface area contributed by atoms with Crippen LogP contribution in [0.4, 0.5) is 0 Å². The standard InChI is InChI=1S/C18H23N3O3/c1-13-19-18(20-24-13)16-9-4-3-5-10-21(16)17(22)12-14-7-6-8-15(11-14)23-2/h6-8,11,16H,3-5,9-10,12H2,1-2H3/t16-/m1/s1. The van der Waals surface area contributed by atoms with Gasteiger partial charge in [-0.05, 0) is 30.5 Å². The average molecular weight is 329 g/mol. The fraction of sp³-hybridized carbons (Fsp3) is 0.500. The Labute approximate surface area is 141 Å². The minimum Gasteiger partial charge on any atom is -0.497 e. The van der Waals surface area contributed by atoms with Gasteiger partial charge in [0.15, 0.2) is 5.82 Å². The summed E-state index contributed by atoms with van der Waals surface area (Å²) in [5, 5.41) is 4.05. The number of ether oxygens (including phenoxy) is 1. The van der Waals surface area contributed by atoms with E-state index in [9.17, 15) is 4.79 Å². The second-order valence-electron chi connectivity index (χ2n) is 6.15. The predicted octanol–water partition coefficient (Wildman–Crippen LogP) is 3.07. The van der Waals surface area contributed by atoms with Crippen LogP contribution in [0, 0.1) is 6.92 Å². The lowest BCUT2D eigenvalue weighted by Gasteiger charge is -2.28. The minimum absolute atomic E-state index is 0.0944. The van der Waals surface area contributed by atoms with E-state index in [-0.39, 0.29) is 11.9 Å². The maximum atomic E-state index is 12.9. The maximum absolute atomic E-state index is 12.9. The summed E-state index contributed by atoms with van der Waals surface area (Å²) in [6.07, 6.45) is 4.43. The Bertz CT molecular complexity index is 698. The van der Waals surface area contributed by atoms with Gasteiger partial charge in [0.2, 0.25) is 11.8 Å². The molecular formula is C18H23N3O3. The molecule has 0 spiro atoms. The molecule has 1 aliphatic heterocycles. The first-order valence-corrected chi connectivity index (χ1v) is 8.40. The number of rotatable bonds is 4. The first kappa shape index (κ1) is 16.5. The average Bonchev–Trinajstić information content (AvgIpc) is 2.87. The quantitative estimate of drug-likeness (QED) is 0.862. The normalized spacial score (nSPS) is 18.2. The van der Waals surface area contributed by atoms with E-state index < -0.39 is 0 Å². The van der Waals surface area contributed by atoms with Crippen molar-refractivity contribution in [3.8, 4) is 5.75 Å². The van der Waals surface area contributed by atoms with Crippen LogP contribution in [0.2, 0.25) is 0 Å². The van der Waals surface area contributed by atoms with Crippen molar-refractivity contribution in [2.45, 2.75) is 45.1 Å². The molecule has 6 heteroatoms. The topological polar surface area (TPSA) is 68.5 Å². The molecule has 6 nitrogen and oxygen atoms in total. The molecule has 1 saturated heterocycles. The lowest BCUT2D eigenvalue weighted by atomic mass is 10.1. The van der Waals surface area contributed by atoms with Crippen LogP contribution in [0.25, 0.3) is 0 Å². The zero-order valence-electron chi connectivity index (χ0n) is 14.2. The van der Waals surface area contributed by atoms with Crippen molar-refractivity contribution >= 4 is 5.91 Å². The minimum atomic E-state index is -0.0944. The summed E-state index contributed by atoms with van der Waals surface area (Å²) in [6.45, 7) is 2.51. The number of likely N-dealkylation sites (tertiary alicyclic amines) is 1. The van der Waals surface area contributed by atoms with Crippen LogP contribution in [-0.4, -0.2) is 34.6 Å². The summed E-state index contributed by atoms with van der Waals surface area (Å²) in [5.41, 5.74) is 0.951. The summed E-state index contributed by atoms with van der Waals surface area (Å²) in [5.74, 6) is 2.02. The first-order valence-electron chi connectivity index (χ1n) is 8.40. The highest BCUT2D eigenvalue weighted by atomic mass is 16.5. The van der Waals surface area contributed by atoms with Gasteiger partial charge < -0.3 is 14.2 Å². The van der Waals surface area contributed by atoms with Gasteiger partial charge in [0.1, 0.15) is 5.75 Å². The molecule has 0 unspecified atom stereocenters. The van der Waals surface area contributed by atoms with E-state index in [1.165, 1.54) is 0 Å². The monoisotopic (exact) mass is 329 g/mol. The molecule has 3 rings (SSSR count). The molecule has 0 saturated carbocycles. The number of amides is 1. The molecule has 1 atom stereocenters.